The third-order valence-electron chi connectivity index (χ3n) is 2.79. The van der Waals surface area contributed by atoms with Gasteiger partial charge in [0.2, 0.25) is 0 Å². The molecular weight excluding hydrogens is 326 g/mol. The Bertz CT molecular complexity index is 367. The molecule has 0 radical (unpaired) electrons. The van der Waals surface area contributed by atoms with E-state index in [1.807, 2.05) is 0 Å². The van der Waals surface area contributed by atoms with Crippen LogP contribution in [0.5, 0.6) is 0 Å². The van der Waals surface area contributed by atoms with Gasteiger partial charge in [-0.3, -0.25) is 4.55 Å². The van der Waals surface area contributed by atoms with Crippen molar-refractivity contribution in [3.63, 3.8) is 0 Å². The van der Waals surface area contributed by atoms with Crippen LogP contribution in [-0.4, -0.2) is 60.1 Å². The Balaban J connectivity index is 4.12. The Morgan fingerprint density at radius 1 is 0.857 bits per heavy atom. The van der Waals surface area contributed by atoms with E-state index in [1.54, 1.807) is 0 Å². The summed E-state index contributed by atoms with van der Waals surface area (Å²) < 4.78 is 43.2. The fraction of sp³-hybridized carbons (Fsp3) is 1.00. The van der Waals surface area contributed by atoms with Gasteiger partial charge in [-0.05, 0) is 12.1 Å². The van der Waals surface area contributed by atoms with Crippen molar-refractivity contribution in [1.29, 1.82) is 0 Å². The van der Waals surface area contributed by atoms with E-state index in [4.69, 9.17) is 14.0 Å². The van der Waals surface area contributed by atoms with Gasteiger partial charge in [-0.2, -0.15) is 8.42 Å². The summed E-state index contributed by atoms with van der Waals surface area (Å²) in [6.45, 7) is 14.0. The Morgan fingerprint density at radius 2 is 1.19 bits per heavy atom. The SMILES string of the molecule is C[Si](C)(C)CCOCN(COCC[Si](C)(C)C)S(=O)(=O)O. The van der Waals surface area contributed by atoms with Gasteiger partial charge in [0.25, 0.3) is 0 Å². The predicted octanol–water partition coefficient (Wildman–Crippen LogP) is 2.72. The van der Waals surface area contributed by atoms with Gasteiger partial charge in [0, 0.05) is 29.4 Å². The van der Waals surface area contributed by atoms with Gasteiger partial charge in [-0.25, -0.2) is 0 Å². The Labute approximate surface area is 131 Å². The number of hydrogen-bond donors (Lipinski definition) is 1. The first-order chi connectivity index (χ1) is 9.31. The van der Waals surface area contributed by atoms with Crippen LogP contribution < -0.4 is 0 Å². The Kier molecular flexibility index (Phi) is 8.84. The maximum Gasteiger partial charge on any atom is 0.339 e. The molecule has 0 amide bonds. The molecule has 0 unspecified atom stereocenters. The lowest BCUT2D eigenvalue weighted by Crippen LogP contribution is -2.36. The van der Waals surface area contributed by atoms with Crippen molar-refractivity contribution in [2.45, 2.75) is 51.4 Å². The second-order valence-corrected chi connectivity index (χ2v) is 20.3. The highest BCUT2D eigenvalue weighted by molar-refractivity contribution is 7.83. The van der Waals surface area contributed by atoms with E-state index in [-0.39, 0.29) is 13.5 Å². The molecule has 0 saturated carbocycles. The van der Waals surface area contributed by atoms with Crippen molar-refractivity contribution in [2.24, 2.45) is 0 Å². The molecule has 128 valence electrons. The lowest BCUT2D eigenvalue weighted by molar-refractivity contribution is 0.00376. The van der Waals surface area contributed by atoms with Crippen LogP contribution in [0, 0.1) is 0 Å². The summed E-state index contributed by atoms with van der Waals surface area (Å²) in [6.07, 6.45) is 0. The van der Waals surface area contributed by atoms with Crippen molar-refractivity contribution in [2.75, 3.05) is 26.7 Å². The highest BCUT2D eigenvalue weighted by atomic mass is 32.2. The normalized spacial score (nSPS) is 13.9. The van der Waals surface area contributed by atoms with E-state index < -0.39 is 26.5 Å². The molecule has 0 aromatic heterocycles. The van der Waals surface area contributed by atoms with E-state index in [2.05, 4.69) is 39.3 Å². The average molecular weight is 358 g/mol. The van der Waals surface area contributed by atoms with E-state index in [9.17, 15) is 8.42 Å². The van der Waals surface area contributed by atoms with Crippen molar-refractivity contribution >= 4 is 26.5 Å². The fourth-order valence-electron chi connectivity index (χ4n) is 1.26. The number of ether oxygens (including phenoxy) is 2. The fourth-order valence-corrected chi connectivity index (χ4v) is 3.19. The third-order valence-corrected chi connectivity index (χ3v) is 7.06. The molecule has 0 rings (SSSR count). The van der Waals surface area contributed by atoms with Crippen LogP contribution in [0.3, 0.4) is 0 Å². The van der Waals surface area contributed by atoms with Gasteiger partial charge >= 0.3 is 10.3 Å². The highest BCUT2D eigenvalue weighted by Crippen LogP contribution is 2.10. The largest absolute Gasteiger partial charge is 0.365 e. The zero-order chi connectivity index (χ0) is 16.7. The minimum atomic E-state index is -4.29. The van der Waals surface area contributed by atoms with Gasteiger partial charge in [-0.15, -0.1) is 4.31 Å². The van der Waals surface area contributed by atoms with Crippen LogP contribution in [0.2, 0.25) is 51.4 Å². The molecular formula is C12H31NO5SSi2. The predicted molar refractivity (Wildman–Crippen MR) is 91.3 cm³/mol. The standard InChI is InChI=1S/C12H31NO5SSi2/c1-20(2,3)9-7-17-11-13(19(14,15)16)12-18-8-10-21(4,5)6/h7-12H2,1-6H3,(H,14,15,16). The summed E-state index contributed by atoms with van der Waals surface area (Å²) in [5.74, 6) is 0. The van der Waals surface area contributed by atoms with Gasteiger partial charge in [-0.1, -0.05) is 39.3 Å². The van der Waals surface area contributed by atoms with E-state index in [0.29, 0.717) is 13.2 Å². The quantitative estimate of drug-likeness (QED) is 0.266. The Morgan fingerprint density at radius 3 is 1.43 bits per heavy atom. The minimum absolute atomic E-state index is 0.170. The molecule has 6 nitrogen and oxygen atoms in total. The van der Waals surface area contributed by atoms with E-state index in [0.717, 1.165) is 16.4 Å². The van der Waals surface area contributed by atoms with Gasteiger partial charge in [0.15, 0.2) is 0 Å². The molecule has 0 aliphatic heterocycles. The van der Waals surface area contributed by atoms with Gasteiger partial charge in [0.05, 0.1) is 0 Å². The zero-order valence-electron chi connectivity index (χ0n) is 14.2. The summed E-state index contributed by atoms with van der Waals surface area (Å²) in [4.78, 5) is 0. The summed E-state index contributed by atoms with van der Waals surface area (Å²) in [5, 5.41) is 0. The molecule has 0 aliphatic carbocycles. The van der Waals surface area contributed by atoms with Crippen LogP contribution in [-0.2, 0) is 19.8 Å². The lowest BCUT2D eigenvalue weighted by Gasteiger charge is -2.21. The topological polar surface area (TPSA) is 76.1 Å². The molecule has 0 aromatic rings. The van der Waals surface area contributed by atoms with E-state index >= 15 is 0 Å². The van der Waals surface area contributed by atoms with Crippen LogP contribution in [0.4, 0.5) is 0 Å². The molecule has 0 aliphatic rings. The van der Waals surface area contributed by atoms with E-state index in [1.165, 1.54) is 0 Å². The summed E-state index contributed by atoms with van der Waals surface area (Å²) >= 11 is 0. The zero-order valence-corrected chi connectivity index (χ0v) is 17.0. The third kappa shape index (κ3) is 13.6. The van der Waals surface area contributed by atoms with Crippen molar-refractivity contribution < 1.29 is 22.4 Å². The second-order valence-electron chi connectivity index (χ2n) is 7.63. The number of rotatable bonds is 11. The van der Waals surface area contributed by atoms with Gasteiger partial charge in [0.1, 0.15) is 13.5 Å². The molecule has 0 atom stereocenters. The first kappa shape index (κ1) is 21.2. The first-order valence-corrected chi connectivity index (χ1v) is 16.0. The molecule has 0 bridgehead atoms. The summed E-state index contributed by atoms with van der Waals surface area (Å²) in [6, 6.07) is 1.89. The molecule has 1 N–H and O–H groups in total. The average Bonchev–Trinajstić information content (AvgIpc) is 2.22. The minimum Gasteiger partial charge on any atom is -0.365 e. The van der Waals surface area contributed by atoms with Crippen LogP contribution in [0.25, 0.3) is 0 Å². The van der Waals surface area contributed by atoms with Crippen molar-refractivity contribution in [3.05, 3.63) is 0 Å². The maximum atomic E-state index is 11.3. The molecule has 9 heteroatoms. The summed E-state index contributed by atoms with van der Waals surface area (Å²) in [7, 11) is -6.71. The molecule has 0 fully saturated rings. The molecule has 21 heavy (non-hydrogen) atoms. The highest BCUT2D eigenvalue weighted by Gasteiger charge is 2.21. The summed E-state index contributed by atoms with van der Waals surface area (Å²) in [5.41, 5.74) is 0. The Hall–Kier alpha value is 0.224. The van der Waals surface area contributed by atoms with Crippen LogP contribution in [0.1, 0.15) is 0 Å². The van der Waals surface area contributed by atoms with Crippen LogP contribution in [0.15, 0.2) is 0 Å². The van der Waals surface area contributed by atoms with Crippen molar-refractivity contribution in [3.8, 4) is 0 Å². The maximum absolute atomic E-state index is 11.3. The number of nitrogens with zero attached hydrogens (tertiary/aromatic N) is 1. The monoisotopic (exact) mass is 357 g/mol. The molecule has 0 heterocycles. The smallest absolute Gasteiger partial charge is 0.339 e. The molecule has 0 aromatic carbocycles. The molecule has 0 saturated heterocycles. The first-order valence-electron chi connectivity index (χ1n) is 7.19. The number of hydrogen-bond acceptors (Lipinski definition) is 4. The second kappa shape index (κ2) is 8.75. The van der Waals surface area contributed by atoms with Crippen LogP contribution >= 0.6 is 0 Å². The lowest BCUT2D eigenvalue weighted by atomic mass is 10.8. The molecule has 0 spiro atoms. The van der Waals surface area contributed by atoms with Crippen molar-refractivity contribution in [1.82, 2.24) is 4.31 Å². The van der Waals surface area contributed by atoms with Gasteiger partial charge < -0.3 is 9.47 Å².